The fraction of sp³-hybridized carbons (Fsp3) is 0.316. The molecule has 146 valence electrons. The molecule has 0 fully saturated rings. The number of ether oxygens (including phenoxy) is 2. The van der Waals surface area contributed by atoms with Crippen LogP contribution in [-0.2, 0) is 14.8 Å². The second-order valence-corrected chi connectivity index (χ2v) is 7.91. The highest BCUT2D eigenvalue weighted by Gasteiger charge is 2.22. The van der Waals surface area contributed by atoms with E-state index in [9.17, 15) is 13.2 Å². The van der Waals surface area contributed by atoms with Crippen LogP contribution in [-0.4, -0.2) is 41.3 Å². The third kappa shape index (κ3) is 5.37. The summed E-state index contributed by atoms with van der Waals surface area (Å²) in [4.78, 5) is 12.5. The summed E-state index contributed by atoms with van der Waals surface area (Å²) in [6, 6.07) is 13.4. The first-order valence-electron chi connectivity index (χ1n) is 8.30. The van der Waals surface area contributed by atoms with Gasteiger partial charge in [0.15, 0.2) is 0 Å². The van der Waals surface area contributed by atoms with Gasteiger partial charge in [-0.3, -0.25) is 9.10 Å². The maximum atomic E-state index is 12.5. The second-order valence-electron chi connectivity index (χ2n) is 6.00. The van der Waals surface area contributed by atoms with Gasteiger partial charge in [0.1, 0.15) is 18.0 Å². The third-order valence-electron chi connectivity index (χ3n) is 4.01. The SMILES string of the molecule is COc1ccc(OC)c([C@H](C)NC(=O)CN(c2ccccc2)S(C)(=O)=O)c1. The molecule has 0 aliphatic rings. The molecule has 0 aliphatic carbocycles. The van der Waals surface area contributed by atoms with Gasteiger partial charge >= 0.3 is 0 Å². The van der Waals surface area contributed by atoms with E-state index in [0.717, 1.165) is 16.1 Å². The molecule has 1 atom stereocenters. The van der Waals surface area contributed by atoms with Crippen molar-refractivity contribution in [2.75, 3.05) is 31.3 Å². The standard InChI is InChI=1S/C19H24N2O5S/c1-14(17-12-16(25-2)10-11-18(17)26-3)20-19(22)13-21(27(4,23)24)15-8-6-5-7-9-15/h5-12,14H,13H2,1-4H3,(H,20,22)/t14-/m0/s1. The Kier molecular flexibility index (Phi) is 6.68. The number of carbonyl (C=O) groups excluding carboxylic acids is 1. The molecule has 0 aliphatic heterocycles. The Labute approximate surface area is 160 Å². The Hall–Kier alpha value is -2.74. The lowest BCUT2D eigenvalue weighted by molar-refractivity contribution is -0.120. The van der Waals surface area contributed by atoms with Gasteiger partial charge in [0.05, 0.1) is 32.2 Å². The molecule has 2 aromatic carbocycles. The van der Waals surface area contributed by atoms with E-state index in [2.05, 4.69) is 5.32 Å². The maximum absolute atomic E-state index is 12.5. The van der Waals surface area contributed by atoms with Crippen LogP contribution in [0.2, 0.25) is 0 Å². The number of rotatable bonds is 8. The average molecular weight is 392 g/mol. The van der Waals surface area contributed by atoms with E-state index < -0.39 is 22.0 Å². The molecule has 7 nitrogen and oxygen atoms in total. The topological polar surface area (TPSA) is 84.9 Å². The number of nitrogens with one attached hydrogen (secondary N) is 1. The maximum Gasteiger partial charge on any atom is 0.241 e. The lowest BCUT2D eigenvalue weighted by Crippen LogP contribution is -2.41. The summed E-state index contributed by atoms with van der Waals surface area (Å²) >= 11 is 0. The zero-order chi connectivity index (χ0) is 20.0. The number of methoxy groups -OCH3 is 2. The largest absolute Gasteiger partial charge is 0.497 e. The van der Waals surface area contributed by atoms with Crippen molar-refractivity contribution in [2.45, 2.75) is 13.0 Å². The molecular weight excluding hydrogens is 368 g/mol. The van der Waals surface area contributed by atoms with Gasteiger partial charge in [-0.05, 0) is 37.3 Å². The minimum Gasteiger partial charge on any atom is -0.497 e. The van der Waals surface area contributed by atoms with Crippen LogP contribution in [0.5, 0.6) is 11.5 Å². The smallest absolute Gasteiger partial charge is 0.241 e. The molecule has 0 heterocycles. The summed E-state index contributed by atoms with van der Waals surface area (Å²) in [6.45, 7) is 1.47. The predicted octanol–water partition coefficient (Wildman–Crippen LogP) is 2.35. The molecule has 1 amide bonds. The Morgan fingerprint density at radius 2 is 1.78 bits per heavy atom. The Balaban J connectivity index is 2.18. The second kappa shape index (κ2) is 8.77. The lowest BCUT2D eigenvalue weighted by atomic mass is 10.1. The molecule has 0 unspecified atom stereocenters. The van der Waals surface area contributed by atoms with Crippen LogP contribution in [0.15, 0.2) is 48.5 Å². The lowest BCUT2D eigenvalue weighted by Gasteiger charge is -2.24. The minimum absolute atomic E-state index is 0.320. The molecule has 0 spiro atoms. The van der Waals surface area contributed by atoms with Gasteiger partial charge < -0.3 is 14.8 Å². The highest BCUT2D eigenvalue weighted by molar-refractivity contribution is 7.92. The number of amides is 1. The van der Waals surface area contributed by atoms with Crippen molar-refractivity contribution in [1.82, 2.24) is 5.32 Å². The van der Waals surface area contributed by atoms with Gasteiger partial charge in [-0.2, -0.15) is 0 Å². The summed E-state index contributed by atoms with van der Waals surface area (Å²) in [6.07, 6.45) is 1.07. The molecule has 0 saturated carbocycles. The molecule has 27 heavy (non-hydrogen) atoms. The molecule has 2 rings (SSSR count). The van der Waals surface area contributed by atoms with Gasteiger partial charge in [-0.1, -0.05) is 18.2 Å². The molecule has 8 heteroatoms. The normalized spacial score (nSPS) is 12.1. The summed E-state index contributed by atoms with van der Waals surface area (Å²) in [5.74, 6) is 0.808. The number of hydrogen-bond donors (Lipinski definition) is 1. The van der Waals surface area contributed by atoms with Crippen LogP contribution in [0, 0.1) is 0 Å². The van der Waals surface area contributed by atoms with E-state index in [1.54, 1.807) is 69.7 Å². The van der Waals surface area contributed by atoms with E-state index in [0.29, 0.717) is 17.2 Å². The number of nitrogens with zero attached hydrogens (tertiary/aromatic N) is 1. The number of sulfonamides is 1. The van der Waals surface area contributed by atoms with Crippen LogP contribution in [0.3, 0.4) is 0 Å². The quantitative estimate of drug-likeness (QED) is 0.745. The summed E-state index contributed by atoms with van der Waals surface area (Å²) in [5.41, 5.74) is 1.16. The molecule has 0 aromatic heterocycles. The van der Waals surface area contributed by atoms with Gasteiger partial charge in [-0.15, -0.1) is 0 Å². The fourth-order valence-electron chi connectivity index (χ4n) is 2.67. The zero-order valence-corrected chi connectivity index (χ0v) is 16.6. The van der Waals surface area contributed by atoms with E-state index in [1.807, 2.05) is 0 Å². The van der Waals surface area contributed by atoms with Crippen molar-refractivity contribution in [3.63, 3.8) is 0 Å². The van der Waals surface area contributed by atoms with Crippen molar-refractivity contribution in [1.29, 1.82) is 0 Å². The van der Waals surface area contributed by atoms with Crippen molar-refractivity contribution < 1.29 is 22.7 Å². The summed E-state index contributed by atoms with van der Waals surface area (Å²) in [7, 11) is -0.513. The van der Waals surface area contributed by atoms with Crippen LogP contribution in [0.4, 0.5) is 5.69 Å². The molecule has 0 saturated heterocycles. The molecule has 2 aromatic rings. The van der Waals surface area contributed by atoms with Crippen molar-refractivity contribution >= 4 is 21.6 Å². The van der Waals surface area contributed by atoms with Gasteiger partial charge in [0.2, 0.25) is 15.9 Å². The third-order valence-corrected chi connectivity index (χ3v) is 5.15. The number of hydrogen-bond acceptors (Lipinski definition) is 5. The first-order valence-corrected chi connectivity index (χ1v) is 10.1. The van der Waals surface area contributed by atoms with Crippen molar-refractivity contribution in [3.05, 3.63) is 54.1 Å². The first-order chi connectivity index (χ1) is 12.8. The highest BCUT2D eigenvalue weighted by atomic mass is 32.2. The number of para-hydroxylation sites is 1. The Bertz CT molecular complexity index is 884. The molecule has 1 N–H and O–H groups in total. The van der Waals surface area contributed by atoms with E-state index in [-0.39, 0.29) is 6.54 Å². The number of anilines is 1. The zero-order valence-electron chi connectivity index (χ0n) is 15.8. The van der Waals surface area contributed by atoms with Crippen molar-refractivity contribution in [3.8, 4) is 11.5 Å². The monoisotopic (exact) mass is 392 g/mol. The molecular formula is C19H24N2O5S. The van der Waals surface area contributed by atoms with Crippen LogP contribution >= 0.6 is 0 Å². The van der Waals surface area contributed by atoms with E-state index >= 15 is 0 Å². The summed E-state index contributed by atoms with van der Waals surface area (Å²) < 4.78 is 35.9. The minimum atomic E-state index is -3.61. The first kappa shape index (κ1) is 20.6. The van der Waals surface area contributed by atoms with Gasteiger partial charge in [0.25, 0.3) is 0 Å². The van der Waals surface area contributed by atoms with Crippen molar-refractivity contribution in [2.24, 2.45) is 0 Å². The Morgan fingerprint density at radius 1 is 1.11 bits per heavy atom. The molecule has 0 bridgehead atoms. The fourth-order valence-corrected chi connectivity index (χ4v) is 3.52. The van der Waals surface area contributed by atoms with Gasteiger partial charge in [0, 0.05) is 5.56 Å². The van der Waals surface area contributed by atoms with Gasteiger partial charge in [-0.25, -0.2) is 8.42 Å². The highest BCUT2D eigenvalue weighted by Crippen LogP contribution is 2.29. The average Bonchev–Trinajstić information content (AvgIpc) is 2.65. The van der Waals surface area contributed by atoms with E-state index in [4.69, 9.17) is 9.47 Å². The summed E-state index contributed by atoms with van der Waals surface area (Å²) in [5, 5.41) is 2.81. The van der Waals surface area contributed by atoms with E-state index in [1.165, 1.54) is 0 Å². The molecule has 0 radical (unpaired) electrons. The number of benzene rings is 2. The number of carbonyl (C=O) groups is 1. The van der Waals surface area contributed by atoms with Crippen LogP contribution in [0.1, 0.15) is 18.5 Å². The van der Waals surface area contributed by atoms with Crippen LogP contribution in [0.25, 0.3) is 0 Å². The predicted molar refractivity (Wildman–Crippen MR) is 105 cm³/mol. The Morgan fingerprint density at radius 3 is 2.33 bits per heavy atom. The van der Waals surface area contributed by atoms with Crippen LogP contribution < -0.4 is 19.1 Å².